The Morgan fingerprint density at radius 3 is 2.71 bits per heavy atom. The minimum absolute atomic E-state index is 0.169. The maximum Gasteiger partial charge on any atom is 0.124 e. The minimum atomic E-state index is -0.314. The van der Waals surface area contributed by atoms with E-state index in [-0.39, 0.29) is 18.5 Å². The van der Waals surface area contributed by atoms with Gasteiger partial charge in [0, 0.05) is 22.2 Å². The van der Waals surface area contributed by atoms with Crippen LogP contribution >= 0.6 is 11.6 Å². The van der Waals surface area contributed by atoms with Gasteiger partial charge in [-0.3, -0.25) is 0 Å². The molecule has 1 N–H and O–H groups in total. The zero-order chi connectivity index (χ0) is 15.4. The predicted octanol–water partition coefficient (Wildman–Crippen LogP) is 4.65. The normalized spacial score (nSPS) is 12.2. The largest absolute Gasteiger partial charge is 0.489 e. The Kier molecular flexibility index (Phi) is 5.21. The van der Waals surface area contributed by atoms with Crippen LogP contribution in [0.15, 0.2) is 36.4 Å². The van der Waals surface area contributed by atoms with Crippen LogP contribution in [0.5, 0.6) is 5.75 Å². The molecule has 0 amide bonds. The second kappa shape index (κ2) is 6.92. The number of ether oxygens (including phenoxy) is 1. The van der Waals surface area contributed by atoms with E-state index in [1.54, 1.807) is 6.07 Å². The van der Waals surface area contributed by atoms with Gasteiger partial charge in [0.05, 0.1) is 0 Å². The van der Waals surface area contributed by atoms with E-state index in [4.69, 9.17) is 16.3 Å². The molecule has 2 nitrogen and oxygen atoms in total. The standard InChI is InChI=1S/C17H19ClFNO/c1-11-4-7-17(15(8-11)12(2)20-3)21-10-13-9-14(19)5-6-16(13)18/h4-9,12,20H,10H2,1-3H3. The summed E-state index contributed by atoms with van der Waals surface area (Å²) in [5.74, 6) is 0.466. The van der Waals surface area contributed by atoms with Gasteiger partial charge in [-0.2, -0.15) is 0 Å². The van der Waals surface area contributed by atoms with E-state index in [1.807, 2.05) is 26.1 Å². The zero-order valence-electron chi connectivity index (χ0n) is 12.4. The fourth-order valence-electron chi connectivity index (χ4n) is 2.10. The summed E-state index contributed by atoms with van der Waals surface area (Å²) in [5.41, 5.74) is 2.88. The summed E-state index contributed by atoms with van der Waals surface area (Å²) < 4.78 is 19.1. The van der Waals surface area contributed by atoms with Gasteiger partial charge in [-0.1, -0.05) is 29.3 Å². The Balaban J connectivity index is 2.21. The highest BCUT2D eigenvalue weighted by molar-refractivity contribution is 6.31. The number of benzene rings is 2. The molecule has 1 unspecified atom stereocenters. The smallest absolute Gasteiger partial charge is 0.124 e. The van der Waals surface area contributed by atoms with Crippen molar-refractivity contribution in [3.8, 4) is 5.75 Å². The maximum absolute atomic E-state index is 13.3. The van der Waals surface area contributed by atoms with Crippen molar-refractivity contribution in [2.24, 2.45) is 0 Å². The summed E-state index contributed by atoms with van der Waals surface area (Å²) in [7, 11) is 1.90. The number of rotatable bonds is 5. The molecule has 2 rings (SSSR count). The summed E-state index contributed by atoms with van der Waals surface area (Å²) in [6.07, 6.45) is 0. The van der Waals surface area contributed by atoms with Gasteiger partial charge in [-0.15, -0.1) is 0 Å². The second-order valence-electron chi connectivity index (χ2n) is 5.08. The molecule has 2 aromatic rings. The number of aryl methyl sites for hydroxylation is 1. The fraction of sp³-hybridized carbons (Fsp3) is 0.294. The van der Waals surface area contributed by atoms with Crippen molar-refractivity contribution < 1.29 is 9.13 Å². The third kappa shape index (κ3) is 3.96. The average Bonchev–Trinajstić information content (AvgIpc) is 2.48. The van der Waals surface area contributed by atoms with Crippen LogP contribution in [0.2, 0.25) is 5.02 Å². The molecule has 21 heavy (non-hydrogen) atoms. The lowest BCUT2D eigenvalue weighted by molar-refractivity contribution is 0.299. The Labute approximate surface area is 129 Å². The van der Waals surface area contributed by atoms with Gasteiger partial charge in [0.1, 0.15) is 18.2 Å². The summed E-state index contributed by atoms with van der Waals surface area (Å²) in [6.45, 7) is 4.35. The molecule has 0 bridgehead atoms. The van der Waals surface area contributed by atoms with Crippen molar-refractivity contribution in [3.05, 3.63) is 63.9 Å². The molecule has 0 heterocycles. The van der Waals surface area contributed by atoms with Crippen molar-refractivity contribution in [2.45, 2.75) is 26.5 Å². The molecule has 0 aliphatic carbocycles. The van der Waals surface area contributed by atoms with E-state index >= 15 is 0 Å². The Morgan fingerprint density at radius 1 is 1.24 bits per heavy atom. The van der Waals surface area contributed by atoms with Gasteiger partial charge >= 0.3 is 0 Å². The van der Waals surface area contributed by atoms with Gasteiger partial charge in [-0.05, 0) is 45.2 Å². The molecule has 0 saturated heterocycles. The number of nitrogens with one attached hydrogen (secondary N) is 1. The number of hydrogen-bond donors (Lipinski definition) is 1. The summed E-state index contributed by atoms with van der Waals surface area (Å²) in [5, 5.41) is 3.71. The molecule has 0 aliphatic heterocycles. The van der Waals surface area contributed by atoms with Crippen molar-refractivity contribution >= 4 is 11.6 Å². The number of halogens is 2. The molecular formula is C17H19ClFNO. The molecule has 0 radical (unpaired) electrons. The Hall–Kier alpha value is -1.58. The molecule has 0 fully saturated rings. The van der Waals surface area contributed by atoms with Gasteiger partial charge in [-0.25, -0.2) is 4.39 Å². The van der Waals surface area contributed by atoms with Crippen LogP contribution in [0.25, 0.3) is 0 Å². The van der Waals surface area contributed by atoms with E-state index in [1.165, 1.54) is 17.7 Å². The first kappa shape index (κ1) is 15.8. The quantitative estimate of drug-likeness (QED) is 0.868. The Bertz CT molecular complexity index is 630. The minimum Gasteiger partial charge on any atom is -0.489 e. The SMILES string of the molecule is CNC(C)c1cc(C)ccc1OCc1cc(F)ccc1Cl. The Morgan fingerprint density at radius 2 is 2.00 bits per heavy atom. The summed E-state index contributed by atoms with van der Waals surface area (Å²) in [6, 6.07) is 10.5. The lowest BCUT2D eigenvalue weighted by Crippen LogP contribution is -2.14. The predicted molar refractivity (Wildman–Crippen MR) is 84.4 cm³/mol. The first-order valence-electron chi connectivity index (χ1n) is 6.86. The van der Waals surface area contributed by atoms with Crippen LogP contribution in [0.1, 0.15) is 29.7 Å². The van der Waals surface area contributed by atoms with E-state index < -0.39 is 0 Å². The number of hydrogen-bond acceptors (Lipinski definition) is 2. The molecule has 0 aliphatic rings. The van der Waals surface area contributed by atoms with Crippen LogP contribution in [-0.4, -0.2) is 7.05 Å². The highest BCUT2D eigenvalue weighted by atomic mass is 35.5. The molecule has 4 heteroatoms. The van der Waals surface area contributed by atoms with Crippen molar-refractivity contribution in [2.75, 3.05) is 7.05 Å². The van der Waals surface area contributed by atoms with Crippen LogP contribution in [0.4, 0.5) is 4.39 Å². The van der Waals surface area contributed by atoms with E-state index in [9.17, 15) is 4.39 Å². The molecule has 2 aromatic carbocycles. The molecule has 0 spiro atoms. The highest BCUT2D eigenvalue weighted by Gasteiger charge is 2.11. The van der Waals surface area contributed by atoms with Gasteiger partial charge < -0.3 is 10.1 Å². The topological polar surface area (TPSA) is 21.3 Å². The van der Waals surface area contributed by atoms with E-state index in [0.29, 0.717) is 10.6 Å². The van der Waals surface area contributed by atoms with Crippen LogP contribution < -0.4 is 10.1 Å². The van der Waals surface area contributed by atoms with Crippen LogP contribution in [-0.2, 0) is 6.61 Å². The van der Waals surface area contributed by atoms with Crippen molar-refractivity contribution in [3.63, 3.8) is 0 Å². The highest BCUT2D eigenvalue weighted by Crippen LogP contribution is 2.28. The summed E-state index contributed by atoms with van der Waals surface area (Å²) in [4.78, 5) is 0. The third-order valence-electron chi connectivity index (χ3n) is 3.46. The van der Waals surface area contributed by atoms with Gasteiger partial charge in [0.2, 0.25) is 0 Å². The van der Waals surface area contributed by atoms with Crippen LogP contribution in [0.3, 0.4) is 0 Å². The van der Waals surface area contributed by atoms with Crippen molar-refractivity contribution in [1.29, 1.82) is 0 Å². The molecule has 1 atom stereocenters. The molecular weight excluding hydrogens is 289 g/mol. The second-order valence-corrected chi connectivity index (χ2v) is 5.48. The van der Waals surface area contributed by atoms with E-state index in [0.717, 1.165) is 11.3 Å². The summed E-state index contributed by atoms with van der Waals surface area (Å²) >= 11 is 6.06. The third-order valence-corrected chi connectivity index (χ3v) is 3.82. The lowest BCUT2D eigenvalue weighted by atomic mass is 10.0. The molecule has 112 valence electrons. The molecule has 0 aromatic heterocycles. The van der Waals surface area contributed by atoms with E-state index in [2.05, 4.69) is 18.3 Å². The monoisotopic (exact) mass is 307 g/mol. The maximum atomic E-state index is 13.3. The van der Waals surface area contributed by atoms with Gasteiger partial charge in [0.15, 0.2) is 0 Å². The lowest BCUT2D eigenvalue weighted by Gasteiger charge is -2.17. The average molecular weight is 308 g/mol. The first-order chi connectivity index (χ1) is 10.0. The molecule has 0 saturated carbocycles. The zero-order valence-corrected chi connectivity index (χ0v) is 13.2. The first-order valence-corrected chi connectivity index (χ1v) is 7.23. The van der Waals surface area contributed by atoms with Gasteiger partial charge in [0.25, 0.3) is 0 Å². The van der Waals surface area contributed by atoms with Crippen molar-refractivity contribution in [1.82, 2.24) is 5.32 Å². The fourth-order valence-corrected chi connectivity index (χ4v) is 2.27. The van der Waals surface area contributed by atoms with Crippen LogP contribution in [0, 0.1) is 12.7 Å².